The Bertz CT molecular complexity index is 917. The predicted molar refractivity (Wildman–Crippen MR) is 110 cm³/mol. The minimum Gasteiger partial charge on any atom is -0.493 e. The van der Waals surface area contributed by atoms with Crippen molar-refractivity contribution in [3.63, 3.8) is 0 Å². The lowest BCUT2D eigenvalue weighted by Crippen LogP contribution is -2.22. The molecule has 2 aromatic carbocycles. The first-order valence-electron chi connectivity index (χ1n) is 8.72. The Morgan fingerprint density at radius 1 is 1.15 bits per heavy atom. The van der Waals surface area contributed by atoms with Gasteiger partial charge in [-0.3, -0.25) is 4.79 Å². The van der Waals surface area contributed by atoms with Crippen molar-refractivity contribution >= 4 is 33.5 Å². The predicted octanol–water partition coefficient (Wildman–Crippen LogP) is 4.08. The highest BCUT2D eigenvalue weighted by Gasteiger charge is 2.04. The molecule has 1 heterocycles. The van der Waals surface area contributed by atoms with Crippen molar-refractivity contribution in [2.45, 2.75) is 12.8 Å². The molecule has 0 atom stereocenters. The van der Waals surface area contributed by atoms with Gasteiger partial charge in [0.1, 0.15) is 0 Å². The van der Waals surface area contributed by atoms with Crippen molar-refractivity contribution in [2.24, 2.45) is 0 Å². The Kier molecular flexibility index (Phi) is 6.44. The number of thiazole rings is 1. The molecule has 140 valence electrons. The van der Waals surface area contributed by atoms with Crippen molar-refractivity contribution in [1.29, 1.82) is 0 Å². The number of ether oxygens (including phenoxy) is 2. The van der Waals surface area contributed by atoms with Crippen LogP contribution in [0.5, 0.6) is 11.5 Å². The van der Waals surface area contributed by atoms with E-state index in [1.807, 2.05) is 36.4 Å². The molecule has 0 radical (unpaired) electrons. The minimum absolute atomic E-state index is 0.117. The number of amides is 1. The van der Waals surface area contributed by atoms with Gasteiger partial charge in [-0.1, -0.05) is 18.2 Å². The number of para-hydroxylation sites is 1. The SMILES string of the molecule is COc1ccc(/C=C/C(=O)NCCCc2nc3ccccc3s2)cc1OC. The Morgan fingerprint density at radius 3 is 2.74 bits per heavy atom. The van der Waals surface area contributed by atoms with Crippen LogP contribution in [0.3, 0.4) is 0 Å². The highest BCUT2D eigenvalue weighted by atomic mass is 32.1. The molecule has 0 spiro atoms. The Labute approximate surface area is 162 Å². The molecule has 0 aliphatic rings. The highest BCUT2D eigenvalue weighted by Crippen LogP contribution is 2.28. The first kappa shape index (κ1) is 18.9. The fourth-order valence-electron chi connectivity index (χ4n) is 2.67. The number of hydrogen-bond acceptors (Lipinski definition) is 5. The number of aryl methyl sites for hydroxylation is 1. The average Bonchev–Trinajstić information content (AvgIpc) is 3.12. The van der Waals surface area contributed by atoms with Crippen molar-refractivity contribution in [1.82, 2.24) is 10.3 Å². The van der Waals surface area contributed by atoms with Crippen molar-refractivity contribution in [3.8, 4) is 11.5 Å². The van der Waals surface area contributed by atoms with E-state index in [0.29, 0.717) is 18.0 Å². The summed E-state index contributed by atoms with van der Waals surface area (Å²) in [5, 5.41) is 4.01. The van der Waals surface area contributed by atoms with Crippen LogP contribution in [0.2, 0.25) is 0 Å². The summed E-state index contributed by atoms with van der Waals surface area (Å²) < 4.78 is 11.7. The third kappa shape index (κ3) is 5.08. The molecule has 0 bridgehead atoms. The van der Waals surface area contributed by atoms with Gasteiger partial charge in [-0.15, -0.1) is 11.3 Å². The van der Waals surface area contributed by atoms with Crippen LogP contribution in [0.1, 0.15) is 17.0 Å². The highest BCUT2D eigenvalue weighted by molar-refractivity contribution is 7.18. The van der Waals surface area contributed by atoms with Crippen molar-refractivity contribution in [2.75, 3.05) is 20.8 Å². The van der Waals surface area contributed by atoms with Crippen LogP contribution >= 0.6 is 11.3 Å². The molecule has 1 aromatic heterocycles. The number of carbonyl (C=O) groups excluding carboxylic acids is 1. The van der Waals surface area contributed by atoms with Gasteiger partial charge in [0.05, 0.1) is 29.4 Å². The van der Waals surface area contributed by atoms with Gasteiger partial charge in [0, 0.05) is 19.0 Å². The van der Waals surface area contributed by atoms with Gasteiger partial charge in [-0.2, -0.15) is 0 Å². The van der Waals surface area contributed by atoms with Gasteiger partial charge in [0.15, 0.2) is 11.5 Å². The number of rotatable bonds is 8. The molecule has 1 N–H and O–H groups in total. The van der Waals surface area contributed by atoms with E-state index in [0.717, 1.165) is 28.9 Å². The molecule has 0 saturated heterocycles. The van der Waals surface area contributed by atoms with Gasteiger partial charge in [-0.25, -0.2) is 4.98 Å². The number of carbonyl (C=O) groups is 1. The van der Waals surface area contributed by atoms with Crippen LogP contribution in [0.25, 0.3) is 16.3 Å². The lowest BCUT2D eigenvalue weighted by Gasteiger charge is -2.07. The zero-order valence-corrected chi connectivity index (χ0v) is 16.2. The van der Waals surface area contributed by atoms with E-state index in [1.165, 1.54) is 10.8 Å². The van der Waals surface area contributed by atoms with Gasteiger partial charge in [-0.05, 0) is 42.3 Å². The summed E-state index contributed by atoms with van der Waals surface area (Å²) in [6.07, 6.45) is 5.00. The van der Waals surface area contributed by atoms with Crippen LogP contribution < -0.4 is 14.8 Å². The monoisotopic (exact) mass is 382 g/mol. The van der Waals surface area contributed by atoms with Crippen LogP contribution in [0, 0.1) is 0 Å². The Hall–Kier alpha value is -2.86. The Balaban J connectivity index is 1.46. The second kappa shape index (κ2) is 9.19. The number of benzene rings is 2. The van der Waals surface area contributed by atoms with Gasteiger partial charge in [0.2, 0.25) is 5.91 Å². The van der Waals surface area contributed by atoms with E-state index >= 15 is 0 Å². The zero-order chi connectivity index (χ0) is 19.1. The van der Waals surface area contributed by atoms with E-state index in [-0.39, 0.29) is 5.91 Å². The fraction of sp³-hybridized carbons (Fsp3) is 0.238. The van der Waals surface area contributed by atoms with Crippen LogP contribution in [0.4, 0.5) is 0 Å². The third-order valence-electron chi connectivity index (χ3n) is 4.04. The normalized spacial score (nSPS) is 11.0. The molecule has 3 aromatic rings. The first-order valence-corrected chi connectivity index (χ1v) is 9.53. The number of hydrogen-bond donors (Lipinski definition) is 1. The van der Waals surface area contributed by atoms with Crippen molar-refractivity contribution in [3.05, 3.63) is 59.1 Å². The number of fused-ring (bicyclic) bond motifs is 1. The number of nitrogens with one attached hydrogen (secondary N) is 1. The Morgan fingerprint density at radius 2 is 1.96 bits per heavy atom. The number of methoxy groups -OCH3 is 2. The van der Waals surface area contributed by atoms with Gasteiger partial charge >= 0.3 is 0 Å². The van der Waals surface area contributed by atoms with Gasteiger partial charge < -0.3 is 14.8 Å². The summed E-state index contributed by atoms with van der Waals surface area (Å²) in [6, 6.07) is 13.6. The van der Waals surface area contributed by atoms with Crippen molar-refractivity contribution < 1.29 is 14.3 Å². The maximum Gasteiger partial charge on any atom is 0.243 e. The summed E-state index contributed by atoms with van der Waals surface area (Å²) in [5.74, 6) is 1.18. The molecule has 3 rings (SSSR count). The quantitative estimate of drug-likeness (QED) is 0.471. The second-order valence-corrected chi connectivity index (χ2v) is 7.03. The molecule has 6 heteroatoms. The minimum atomic E-state index is -0.117. The van der Waals surface area contributed by atoms with E-state index in [2.05, 4.69) is 16.4 Å². The molecule has 0 unspecified atom stereocenters. The molecule has 0 fully saturated rings. The molecule has 27 heavy (non-hydrogen) atoms. The topological polar surface area (TPSA) is 60.5 Å². The van der Waals surface area contributed by atoms with E-state index < -0.39 is 0 Å². The smallest absolute Gasteiger partial charge is 0.243 e. The molecule has 5 nitrogen and oxygen atoms in total. The van der Waals surface area contributed by atoms with Gasteiger partial charge in [0.25, 0.3) is 0 Å². The third-order valence-corrected chi connectivity index (χ3v) is 5.14. The maximum absolute atomic E-state index is 12.0. The lowest BCUT2D eigenvalue weighted by molar-refractivity contribution is -0.116. The average molecular weight is 382 g/mol. The first-order chi connectivity index (χ1) is 13.2. The standard InChI is InChI=1S/C21H22N2O3S/c1-25-17-11-9-15(14-18(17)26-2)10-12-20(24)22-13-5-8-21-23-16-6-3-4-7-19(16)27-21/h3-4,6-7,9-12,14H,5,8,13H2,1-2H3,(H,22,24)/b12-10+. The summed E-state index contributed by atoms with van der Waals surface area (Å²) in [4.78, 5) is 16.6. The van der Waals surface area contributed by atoms with E-state index in [1.54, 1.807) is 31.6 Å². The fourth-order valence-corrected chi connectivity index (χ4v) is 3.67. The van der Waals surface area contributed by atoms with E-state index in [4.69, 9.17) is 9.47 Å². The largest absolute Gasteiger partial charge is 0.493 e. The molecule has 0 aliphatic carbocycles. The summed E-state index contributed by atoms with van der Waals surface area (Å²) in [6.45, 7) is 0.616. The summed E-state index contributed by atoms with van der Waals surface area (Å²) in [5.41, 5.74) is 1.91. The lowest BCUT2D eigenvalue weighted by atomic mass is 10.2. The summed E-state index contributed by atoms with van der Waals surface area (Å²) in [7, 11) is 3.18. The van der Waals surface area contributed by atoms with Crippen LogP contribution in [-0.2, 0) is 11.2 Å². The second-order valence-electron chi connectivity index (χ2n) is 5.92. The molecule has 1 amide bonds. The number of aromatic nitrogens is 1. The maximum atomic E-state index is 12.0. The van der Waals surface area contributed by atoms with Crippen LogP contribution in [-0.4, -0.2) is 31.7 Å². The number of nitrogens with zero attached hydrogens (tertiary/aromatic N) is 1. The molecule has 0 aliphatic heterocycles. The summed E-state index contributed by atoms with van der Waals surface area (Å²) >= 11 is 1.71. The molecular weight excluding hydrogens is 360 g/mol. The molecule has 0 saturated carbocycles. The molecular formula is C21H22N2O3S. The zero-order valence-electron chi connectivity index (χ0n) is 15.4. The van der Waals surface area contributed by atoms with Crippen LogP contribution in [0.15, 0.2) is 48.5 Å². The van der Waals surface area contributed by atoms with E-state index in [9.17, 15) is 4.79 Å².